The molecule has 0 aromatic carbocycles. The van der Waals surface area contributed by atoms with E-state index in [1.165, 1.54) is 0 Å². The molecule has 0 aliphatic rings. The van der Waals surface area contributed by atoms with Gasteiger partial charge < -0.3 is 16.6 Å². The average molecular weight is 144 g/mol. The largest absolute Gasteiger partial charge is 0.396 e. The predicted molar refractivity (Wildman–Crippen MR) is 42.0 cm³/mol. The van der Waals surface area contributed by atoms with Crippen molar-refractivity contribution in [3.8, 4) is 0 Å². The fourth-order valence-corrected chi connectivity index (χ4v) is 0.850. The van der Waals surface area contributed by atoms with E-state index in [-0.39, 0.29) is 6.61 Å². The van der Waals surface area contributed by atoms with Crippen molar-refractivity contribution in [3.63, 3.8) is 0 Å². The maximum Gasteiger partial charge on any atom is 0.0926 e. The second-order valence-electron chi connectivity index (χ2n) is 2.28. The molecule has 0 aliphatic carbocycles. The quantitative estimate of drug-likeness (QED) is 0.531. The molecular formula is C7H16N2O. The van der Waals surface area contributed by atoms with Crippen LogP contribution in [0.5, 0.6) is 0 Å². The molecule has 60 valence electrons. The third kappa shape index (κ3) is 3.35. The van der Waals surface area contributed by atoms with Crippen molar-refractivity contribution >= 4 is 0 Å². The molecule has 3 heteroatoms. The van der Waals surface area contributed by atoms with E-state index in [9.17, 15) is 0 Å². The molecule has 10 heavy (non-hydrogen) atoms. The van der Waals surface area contributed by atoms with E-state index in [0.29, 0.717) is 12.2 Å². The van der Waals surface area contributed by atoms with E-state index in [1.807, 2.05) is 0 Å². The van der Waals surface area contributed by atoms with Crippen LogP contribution in [-0.2, 0) is 0 Å². The van der Waals surface area contributed by atoms with Gasteiger partial charge in [-0.05, 0) is 18.4 Å². The van der Waals surface area contributed by atoms with Crippen LogP contribution in [0, 0.1) is 0 Å². The molecule has 0 atom stereocenters. The van der Waals surface area contributed by atoms with Gasteiger partial charge in [-0.15, -0.1) is 0 Å². The molecule has 0 amide bonds. The van der Waals surface area contributed by atoms with Crippen molar-refractivity contribution in [3.05, 3.63) is 11.4 Å². The molecule has 0 saturated heterocycles. The van der Waals surface area contributed by atoms with Crippen LogP contribution < -0.4 is 11.5 Å². The summed E-state index contributed by atoms with van der Waals surface area (Å²) in [6.45, 7) is 2.19. The van der Waals surface area contributed by atoms with E-state index in [4.69, 9.17) is 16.6 Å². The van der Waals surface area contributed by atoms with E-state index < -0.39 is 0 Å². The first-order valence-electron chi connectivity index (χ1n) is 3.56. The van der Waals surface area contributed by atoms with E-state index in [2.05, 4.69) is 6.92 Å². The minimum atomic E-state index is 0.132. The molecule has 0 aromatic heterocycles. The van der Waals surface area contributed by atoms with Crippen LogP contribution in [0.15, 0.2) is 11.4 Å². The Morgan fingerprint density at radius 3 is 2.20 bits per heavy atom. The van der Waals surface area contributed by atoms with Crippen molar-refractivity contribution in [1.82, 2.24) is 0 Å². The van der Waals surface area contributed by atoms with E-state index in [1.54, 1.807) is 0 Å². The lowest BCUT2D eigenvalue weighted by Gasteiger charge is -2.04. The number of nitrogens with two attached hydrogens (primary N) is 2. The fourth-order valence-electron chi connectivity index (χ4n) is 0.850. The summed E-state index contributed by atoms with van der Waals surface area (Å²) >= 11 is 0. The highest BCUT2D eigenvalue weighted by molar-refractivity contribution is 5.07. The van der Waals surface area contributed by atoms with Crippen LogP contribution in [0.1, 0.15) is 26.2 Å². The maximum absolute atomic E-state index is 8.57. The molecule has 0 spiro atoms. The zero-order valence-electron chi connectivity index (χ0n) is 6.43. The Balaban J connectivity index is 3.86. The molecule has 0 unspecified atom stereocenters. The van der Waals surface area contributed by atoms with Gasteiger partial charge in [0.2, 0.25) is 0 Å². The first-order chi connectivity index (χ1) is 4.72. The summed E-state index contributed by atoms with van der Waals surface area (Å²) in [7, 11) is 0. The van der Waals surface area contributed by atoms with Gasteiger partial charge in [-0.25, -0.2) is 0 Å². The van der Waals surface area contributed by atoms with E-state index in [0.717, 1.165) is 18.4 Å². The summed E-state index contributed by atoms with van der Waals surface area (Å²) in [5.74, 6) is 0.371. The number of hydrogen-bond donors (Lipinski definition) is 3. The molecule has 0 aromatic rings. The zero-order chi connectivity index (χ0) is 7.98. The summed E-state index contributed by atoms with van der Waals surface area (Å²) in [6.07, 6.45) is 2.52. The minimum Gasteiger partial charge on any atom is -0.396 e. The highest BCUT2D eigenvalue weighted by atomic mass is 16.2. The molecule has 5 N–H and O–H groups in total. The van der Waals surface area contributed by atoms with E-state index >= 15 is 0 Å². The summed E-state index contributed by atoms with van der Waals surface area (Å²) < 4.78 is 0. The zero-order valence-corrected chi connectivity index (χ0v) is 6.43. The first kappa shape index (κ1) is 9.30. The van der Waals surface area contributed by atoms with Gasteiger partial charge >= 0.3 is 0 Å². The lowest BCUT2D eigenvalue weighted by molar-refractivity contribution is 0.297. The van der Waals surface area contributed by atoms with Crippen LogP contribution in [0.4, 0.5) is 0 Å². The topological polar surface area (TPSA) is 72.3 Å². The van der Waals surface area contributed by atoms with Gasteiger partial charge in [-0.2, -0.15) is 0 Å². The lowest BCUT2D eigenvalue weighted by Crippen LogP contribution is -2.12. The van der Waals surface area contributed by atoms with Gasteiger partial charge in [-0.3, -0.25) is 0 Å². The highest BCUT2D eigenvalue weighted by Gasteiger charge is 1.97. The summed E-state index contributed by atoms with van der Waals surface area (Å²) in [4.78, 5) is 0. The second-order valence-corrected chi connectivity index (χ2v) is 2.28. The minimum absolute atomic E-state index is 0.132. The molecule has 0 heterocycles. The molecular weight excluding hydrogens is 128 g/mol. The Kier molecular flexibility index (Phi) is 4.76. The molecule has 0 rings (SSSR count). The van der Waals surface area contributed by atoms with Gasteiger partial charge in [0.1, 0.15) is 0 Å². The third-order valence-electron chi connectivity index (χ3n) is 1.37. The average Bonchev–Trinajstić information content (AvgIpc) is 1.87. The molecule has 0 radical (unpaired) electrons. The number of hydrogen-bond acceptors (Lipinski definition) is 3. The normalized spacial score (nSPS) is 9.40. The highest BCUT2D eigenvalue weighted by Crippen LogP contribution is 2.08. The monoisotopic (exact) mass is 144 g/mol. The van der Waals surface area contributed by atoms with Gasteiger partial charge in [-0.1, -0.05) is 13.3 Å². The van der Waals surface area contributed by atoms with Crippen LogP contribution in [-0.4, -0.2) is 11.7 Å². The summed E-state index contributed by atoms with van der Waals surface area (Å²) in [5.41, 5.74) is 11.7. The molecule has 0 fully saturated rings. The summed E-state index contributed by atoms with van der Waals surface area (Å²) in [5, 5.41) is 8.57. The Bertz CT molecular complexity index is 109. The molecule has 3 nitrogen and oxygen atoms in total. The Morgan fingerprint density at radius 1 is 1.30 bits per heavy atom. The Morgan fingerprint density at radius 2 is 1.90 bits per heavy atom. The van der Waals surface area contributed by atoms with Crippen molar-refractivity contribution < 1.29 is 5.11 Å². The van der Waals surface area contributed by atoms with Crippen LogP contribution >= 0.6 is 0 Å². The van der Waals surface area contributed by atoms with Gasteiger partial charge in [0.15, 0.2) is 0 Å². The lowest BCUT2D eigenvalue weighted by atomic mass is 10.1. The van der Waals surface area contributed by atoms with Crippen molar-refractivity contribution in [2.75, 3.05) is 6.61 Å². The Hall–Kier alpha value is -0.700. The van der Waals surface area contributed by atoms with Crippen LogP contribution in [0.3, 0.4) is 0 Å². The first-order valence-corrected chi connectivity index (χ1v) is 3.56. The summed E-state index contributed by atoms with van der Waals surface area (Å²) in [6, 6.07) is 0. The maximum atomic E-state index is 8.57. The second kappa shape index (κ2) is 5.11. The Labute approximate surface area is 61.7 Å². The van der Waals surface area contributed by atoms with Crippen LogP contribution in [0.2, 0.25) is 0 Å². The molecule has 0 bridgehead atoms. The predicted octanol–water partition coefficient (Wildman–Crippen LogP) is 0.298. The molecule has 0 saturated carbocycles. The number of aliphatic hydroxyl groups is 1. The smallest absolute Gasteiger partial charge is 0.0926 e. The van der Waals surface area contributed by atoms with Gasteiger partial charge in [0.25, 0.3) is 0 Å². The molecule has 0 aliphatic heterocycles. The fraction of sp³-hybridized carbons (Fsp3) is 0.714. The SMILES string of the molecule is CCCC(CCO)=C(N)N. The third-order valence-corrected chi connectivity index (χ3v) is 1.37. The standard InChI is InChI=1S/C7H16N2O/c1-2-3-6(4-5-10)7(8)9/h10H,2-5,8-9H2,1H3. The van der Waals surface area contributed by atoms with Crippen LogP contribution in [0.25, 0.3) is 0 Å². The number of rotatable bonds is 4. The van der Waals surface area contributed by atoms with Crippen molar-refractivity contribution in [2.45, 2.75) is 26.2 Å². The van der Waals surface area contributed by atoms with Crippen molar-refractivity contribution in [2.24, 2.45) is 11.5 Å². The number of aliphatic hydroxyl groups excluding tert-OH is 1. The van der Waals surface area contributed by atoms with Crippen molar-refractivity contribution in [1.29, 1.82) is 0 Å². The van der Waals surface area contributed by atoms with Gasteiger partial charge in [0, 0.05) is 6.61 Å². The van der Waals surface area contributed by atoms with Gasteiger partial charge in [0.05, 0.1) is 5.82 Å².